The zero-order valence-electron chi connectivity index (χ0n) is 12.4. The number of anilines is 1. The highest BCUT2D eigenvalue weighted by molar-refractivity contribution is 6.00. The maximum atomic E-state index is 12.3. The average Bonchev–Trinajstić information content (AvgIpc) is 2.95. The molecule has 0 saturated carbocycles. The lowest BCUT2D eigenvalue weighted by Gasteiger charge is -2.29. The number of ether oxygens (including phenoxy) is 2. The molecule has 0 fully saturated rings. The Morgan fingerprint density at radius 3 is 2.52 bits per heavy atom. The van der Waals surface area contributed by atoms with E-state index < -0.39 is 0 Å². The molecule has 6 nitrogen and oxygen atoms in total. The molecular formula is C15H22N2O4. The Morgan fingerprint density at radius 2 is 1.95 bits per heavy atom. The second-order valence-corrected chi connectivity index (χ2v) is 5.34. The van der Waals surface area contributed by atoms with Crippen LogP contribution in [0.5, 0.6) is 11.5 Å². The van der Waals surface area contributed by atoms with Crippen molar-refractivity contribution in [2.24, 2.45) is 5.41 Å². The number of benzene rings is 1. The van der Waals surface area contributed by atoms with Gasteiger partial charge in [-0.1, -0.05) is 13.8 Å². The molecule has 1 heterocycles. The van der Waals surface area contributed by atoms with Gasteiger partial charge < -0.3 is 25.6 Å². The van der Waals surface area contributed by atoms with Gasteiger partial charge in [0.2, 0.25) is 6.79 Å². The minimum atomic E-state index is -0.291. The van der Waals surface area contributed by atoms with Crippen molar-refractivity contribution in [3.63, 3.8) is 0 Å². The summed E-state index contributed by atoms with van der Waals surface area (Å²) in [4.78, 5) is 12.3. The SMILES string of the molecule is CCC(CC)(CO)CNC(=O)c1cc2c(cc1N)OCO2. The van der Waals surface area contributed by atoms with Gasteiger partial charge in [-0.05, 0) is 18.9 Å². The molecule has 1 aromatic carbocycles. The first kappa shape index (κ1) is 15.4. The molecule has 0 radical (unpaired) electrons. The number of amides is 1. The number of hydrogen-bond donors (Lipinski definition) is 3. The number of nitrogen functional groups attached to an aromatic ring is 1. The number of nitrogens with two attached hydrogens (primary N) is 1. The molecule has 4 N–H and O–H groups in total. The van der Waals surface area contributed by atoms with E-state index in [2.05, 4.69) is 5.32 Å². The highest BCUT2D eigenvalue weighted by Gasteiger charge is 2.27. The number of fused-ring (bicyclic) bond motifs is 1. The first-order valence-corrected chi connectivity index (χ1v) is 7.13. The van der Waals surface area contributed by atoms with Crippen LogP contribution in [-0.2, 0) is 0 Å². The van der Waals surface area contributed by atoms with Crippen LogP contribution in [0.1, 0.15) is 37.0 Å². The van der Waals surface area contributed by atoms with Gasteiger partial charge in [-0.25, -0.2) is 0 Å². The Hall–Kier alpha value is -1.95. The third-order valence-corrected chi connectivity index (χ3v) is 4.25. The summed E-state index contributed by atoms with van der Waals surface area (Å²) in [6.45, 7) is 4.58. The second kappa shape index (κ2) is 6.22. The molecule has 1 amide bonds. The van der Waals surface area contributed by atoms with E-state index in [0.717, 1.165) is 12.8 Å². The Labute approximate surface area is 124 Å². The summed E-state index contributed by atoms with van der Waals surface area (Å²) in [5, 5.41) is 12.4. The van der Waals surface area contributed by atoms with Gasteiger partial charge >= 0.3 is 0 Å². The normalized spacial score (nSPS) is 13.3. The third-order valence-electron chi connectivity index (χ3n) is 4.25. The second-order valence-electron chi connectivity index (χ2n) is 5.34. The molecule has 0 aromatic heterocycles. The lowest BCUT2D eigenvalue weighted by Crippen LogP contribution is -2.39. The van der Waals surface area contributed by atoms with E-state index >= 15 is 0 Å². The van der Waals surface area contributed by atoms with Crippen molar-refractivity contribution in [1.82, 2.24) is 5.32 Å². The van der Waals surface area contributed by atoms with Crippen molar-refractivity contribution in [3.05, 3.63) is 17.7 Å². The first-order chi connectivity index (χ1) is 10.0. The Kier molecular flexibility index (Phi) is 4.57. The Balaban J connectivity index is 2.11. The molecule has 6 heteroatoms. The topological polar surface area (TPSA) is 93.8 Å². The summed E-state index contributed by atoms with van der Waals surface area (Å²) in [6, 6.07) is 3.18. The van der Waals surface area contributed by atoms with E-state index in [1.807, 2.05) is 13.8 Å². The Bertz CT molecular complexity index is 518. The van der Waals surface area contributed by atoms with Crippen molar-refractivity contribution in [2.75, 3.05) is 25.7 Å². The van der Waals surface area contributed by atoms with E-state index in [1.165, 1.54) is 0 Å². The minimum Gasteiger partial charge on any atom is -0.454 e. The quantitative estimate of drug-likeness (QED) is 0.692. The molecule has 0 bridgehead atoms. The van der Waals surface area contributed by atoms with Crippen molar-refractivity contribution in [2.45, 2.75) is 26.7 Å². The molecule has 116 valence electrons. The molecule has 0 atom stereocenters. The average molecular weight is 294 g/mol. The molecule has 1 aromatic rings. The summed E-state index contributed by atoms with van der Waals surface area (Å²) in [6.07, 6.45) is 1.58. The standard InChI is InChI=1S/C15H22N2O4/c1-3-15(4-2,8-18)7-17-14(19)10-5-12-13(6-11(10)16)21-9-20-12/h5-6,18H,3-4,7-9,16H2,1-2H3,(H,17,19). The molecule has 21 heavy (non-hydrogen) atoms. The van der Waals surface area contributed by atoms with Crippen LogP contribution < -0.4 is 20.5 Å². The van der Waals surface area contributed by atoms with Gasteiger partial charge in [-0.2, -0.15) is 0 Å². The van der Waals surface area contributed by atoms with Gasteiger partial charge in [0, 0.05) is 23.7 Å². The lowest BCUT2D eigenvalue weighted by atomic mass is 9.83. The molecule has 1 aliphatic rings. The molecule has 0 unspecified atom stereocenters. The fourth-order valence-corrected chi connectivity index (χ4v) is 2.30. The van der Waals surface area contributed by atoms with Gasteiger partial charge in [0.25, 0.3) is 5.91 Å². The van der Waals surface area contributed by atoms with Crippen molar-refractivity contribution in [1.29, 1.82) is 0 Å². The number of hydrogen-bond acceptors (Lipinski definition) is 5. The van der Waals surface area contributed by atoms with Gasteiger partial charge in [0.05, 0.1) is 12.2 Å². The van der Waals surface area contributed by atoms with Crippen LogP contribution in [0.4, 0.5) is 5.69 Å². The maximum Gasteiger partial charge on any atom is 0.253 e. The number of carbonyl (C=O) groups is 1. The van der Waals surface area contributed by atoms with Gasteiger partial charge in [0.15, 0.2) is 11.5 Å². The zero-order valence-corrected chi connectivity index (χ0v) is 12.4. The van der Waals surface area contributed by atoms with E-state index in [0.29, 0.717) is 29.3 Å². The van der Waals surface area contributed by atoms with E-state index in [1.54, 1.807) is 12.1 Å². The van der Waals surface area contributed by atoms with Crippen LogP contribution in [0.25, 0.3) is 0 Å². The van der Waals surface area contributed by atoms with E-state index in [9.17, 15) is 9.90 Å². The lowest BCUT2D eigenvalue weighted by molar-refractivity contribution is 0.0851. The number of aliphatic hydroxyl groups is 1. The largest absolute Gasteiger partial charge is 0.454 e. The summed E-state index contributed by atoms with van der Waals surface area (Å²) < 4.78 is 10.5. The fraction of sp³-hybridized carbons (Fsp3) is 0.533. The molecule has 0 saturated heterocycles. The van der Waals surface area contributed by atoms with Crippen LogP contribution in [0.15, 0.2) is 12.1 Å². The third kappa shape index (κ3) is 3.05. The maximum absolute atomic E-state index is 12.3. The minimum absolute atomic E-state index is 0.0386. The molecule has 1 aliphatic heterocycles. The van der Waals surface area contributed by atoms with Crippen LogP contribution in [0, 0.1) is 5.41 Å². The summed E-state index contributed by atoms with van der Waals surface area (Å²) in [5.41, 5.74) is 6.30. The molecule has 0 spiro atoms. The van der Waals surface area contributed by atoms with Gasteiger partial charge in [-0.15, -0.1) is 0 Å². The first-order valence-electron chi connectivity index (χ1n) is 7.13. The molecular weight excluding hydrogens is 272 g/mol. The van der Waals surface area contributed by atoms with Crippen molar-refractivity contribution >= 4 is 11.6 Å². The highest BCUT2D eigenvalue weighted by atomic mass is 16.7. The number of aliphatic hydroxyl groups excluding tert-OH is 1. The summed E-state index contributed by atoms with van der Waals surface area (Å²) >= 11 is 0. The number of nitrogens with one attached hydrogen (secondary N) is 1. The van der Waals surface area contributed by atoms with E-state index in [4.69, 9.17) is 15.2 Å². The zero-order chi connectivity index (χ0) is 15.5. The van der Waals surface area contributed by atoms with Gasteiger partial charge in [-0.3, -0.25) is 4.79 Å². The van der Waals surface area contributed by atoms with E-state index in [-0.39, 0.29) is 24.7 Å². The van der Waals surface area contributed by atoms with Crippen LogP contribution in [-0.4, -0.2) is 31.0 Å². The number of rotatable bonds is 6. The smallest absolute Gasteiger partial charge is 0.253 e. The number of carbonyl (C=O) groups excluding carboxylic acids is 1. The van der Waals surface area contributed by atoms with Crippen LogP contribution in [0.2, 0.25) is 0 Å². The molecule has 2 rings (SSSR count). The van der Waals surface area contributed by atoms with Crippen LogP contribution in [0.3, 0.4) is 0 Å². The monoisotopic (exact) mass is 294 g/mol. The highest BCUT2D eigenvalue weighted by Crippen LogP contribution is 2.36. The summed E-state index contributed by atoms with van der Waals surface area (Å²) in [7, 11) is 0. The van der Waals surface area contributed by atoms with Gasteiger partial charge in [0.1, 0.15) is 0 Å². The van der Waals surface area contributed by atoms with Crippen molar-refractivity contribution < 1.29 is 19.4 Å². The summed E-state index contributed by atoms with van der Waals surface area (Å²) in [5.74, 6) is 0.801. The predicted molar refractivity (Wildman–Crippen MR) is 79.4 cm³/mol. The van der Waals surface area contributed by atoms with Crippen LogP contribution >= 0.6 is 0 Å². The molecule has 0 aliphatic carbocycles. The Morgan fingerprint density at radius 1 is 1.33 bits per heavy atom. The predicted octanol–water partition coefficient (Wildman–Crippen LogP) is 1.53. The van der Waals surface area contributed by atoms with Crippen molar-refractivity contribution in [3.8, 4) is 11.5 Å². The fourth-order valence-electron chi connectivity index (χ4n) is 2.30.